The zero-order valence-corrected chi connectivity index (χ0v) is 12.9. The predicted molar refractivity (Wildman–Crippen MR) is 89.6 cm³/mol. The lowest BCUT2D eigenvalue weighted by Gasteiger charge is -2.09. The third kappa shape index (κ3) is 3.89. The van der Waals surface area contributed by atoms with Gasteiger partial charge in [0.2, 0.25) is 0 Å². The minimum atomic E-state index is 0.859. The van der Waals surface area contributed by atoms with Crippen LogP contribution in [0.1, 0.15) is 37.3 Å². The average Bonchev–Trinajstić information content (AvgIpc) is 2.55. The lowest BCUT2D eigenvalue weighted by molar-refractivity contribution is 0.415. The van der Waals surface area contributed by atoms with Gasteiger partial charge in [-0.2, -0.15) is 0 Å². The van der Waals surface area contributed by atoms with Crippen molar-refractivity contribution in [2.45, 2.75) is 32.6 Å². The molecule has 0 radical (unpaired) electrons. The molecule has 108 valence electrons. The van der Waals surface area contributed by atoms with Crippen molar-refractivity contribution in [3.05, 3.63) is 53.6 Å². The number of aryl methyl sites for hydroxylation is 1. The molecule has 2 rings (SSSR count). The molecule has 0 N–H and O–H groups in total. The molecule has 0 unspecified atom stereocenters. The van der Waals surface area contributed by atoms with Crippen molar-refractivity contribution in [3.8, 4) is 29.2 Å². The molecule has 0 aliphatic carbocycles. The Kier molecular flexibility index (Phi) is 5.46. The number of benzene rings is 2. The summed E-state index contributed by atoms with van der Waals surface area (Å²) in [4.78, 5) is 0. The summed E-state index contributed by atoms with van der Waals surface area (Å²) in [6.07, 6.45) is 10.5. The molecule has 2 aromatic carbocycles. The molecule has 0 fully saturated rings. The first-order chi connectivity index (χ1) is 10.3. The van der Waals surface area contributed by atoms with Crippen molar-refractivity contribution in [1.82, 2.24) is 0 Å². The van der Waals surface area contributed by atoms with E-state index in [1.54, 1.807) is 7.11 Å². The van der Waals surface area contributed by atoms with E-state index in [0.717, 1.165) is 28.9 Å². The molecule has 0 atom stereocenters. The van der Waals surface area contributed by atoms with Gasteiger partial charge in [-0.05, 0) is 47.7 Å². The molecule has 2 aromatic rings. The number of hydrogen-bond donors (Lipinski definition) is 0. The van der Waals surface area contributed by atoms with Crippen LogP contribution in [0.4, 0.5) is 0 Å². The Balaban J connectivity index is 2.25. The first-order valence-corrected chi connectivity index (χ1v) is 7.52. The van der Waals surface area contributed by atoms with Gasteiger partial charge in [0.15, 0.2) is 0 Å². The van der Waals surface area contributed by atoms with Crippen molar-refractivity contribution in [2.75, 3.05) is 7.11 Å². The van der Waals surface area contributed by atoms with Crippen molar-refractivity contribution < 1.29 is 4.74 Å². The van der Waals surface area contributed by atoms with Gasteiger partial charge in [0.1, 0.15) is 5.75 Å². The third-order valence-corrected chi connectivity index (χ3v) is 3.71. The zero-order valence-electron chi connectivity index (χ0n) is 12.9. The minimum absolute atomic E-state index is 0.859. The fourth-order valence-corrected chi connectivity index (χ4v) is 2.47. The van der Waals surface area contributed by atoms with E-state index in [1.165, 1.54) is 24.8 Å². The maximum absolute atomic E-state index is 5.69. The summed E-state index contributed by atoms with van der Waals surface area (Å²) >= 11 is 0. The van der Waals surface area contributed by atoms with Gasteiger partial charge >= 0.3 is 0 Å². The number of hydrogen-bond acceptors (Lipinski definition) is 1. The van der Waals surface area contributed by atoms with Crippen LogP contribution < -0.4 is 4.74 Å². The van der Waals surface area contributed by atoms with Gasteiger partial charge in [0.05, 0.1) is 7.11 Å². The second-order valence-corrected chi connectivity index (χ2v) is 5.21. The summed E-state index contributed by atoms with van der Waals surface area (Å²) in [7, 11) is 1.67. The summed E-state index contributed by atoms with van der Waals surface area (Å²) in [5.74, 6) is 3.68. The maximum Gasteiger partial charge on any atom is 0.118 e. The fraction of sp³-hybridized carbons (Fsp3) is 0.300. The van der Waals surface area contributed by atoms with Crippen molar-refractivity contribution >= 4 is 0 Å². The van der Waals surface area contributed by atoms with E-state index in [0.29, 0.717) is 0 Å². The van der Waals surface area contributed by atoms with Crippen LogP contribution in [0.15, 0.2) is 42.5 Å². The highest BCUT2D eigenvalue weighted by Crippen LogP contribution is 2.26. The SMILES string of the molecule is C#Cc1cc(CCCCC)ccc1-c1ccc(OC)cc1. The summed E-state index contributed by atoms with van der Waals surface area (Å²) in [5, 5.41) is 0. The van der Waals surface area contributed by atoms with Gasteiger partial charge in [0, 0.05) is 5.56 Å². The molecular weight excluding hydrogens is 256 g/mol. The van der Waals surface area contributed by atoms with Crippen LogP contribution in [0.5, 0.6) is 5.75 Å². The molecule has 21 heavy (non-hydrogen) atoms. The Bertz CT molecular complexity index is 617. The third-order valence-electron chi connectivity index (χ3n) is 3.71. The summed E-state index contributed by atoms with van der Waals surface area (Å²) in [5.41, 5.74) is 4.53. The standard InChI is InChI=1S/C20H22O/c1-4-6-7-8-16-9-14-20(17(5-2)15-16)18-10-12-19(21-3)13-11-18/h2,9-15H,4,6-8H2,1,3H3. The highest BCUT2D eigenvalue weighted by atomic mass is 16.5. The number of methoxy groups -OCH3 is 1. The first kappa shape index (κ1) is 15.2. The molecular formula is C20H22O. The highest BCUT2D eigenvalue weighted by Gasteiger charge is 2.05. The molecule has 0 aromatic heterocycles. The Labute approximate surface area is 128 Å². The van der Waals surface area contributed by atoms with Gasteiger partial charge in [-0.3, -0.25) is 0 Å². The molecule has 0 aliphatic heterocycles. The van der Waals surface area contributed by atoms with Gasteiger partial charge in [-0.15, -0.1) is 6.42 Å². The fourth-order valence-electron chi connectivity index (χ4n) is 2.47. The molecule has 1 heteroatoms. The van der Waals surface area contributed by atoms with E-state index in [2.05, 4.69) is 31.0 Å². The van der Waals surface area contributed by atoms with Gasteiger partial charge in [-0.25, -0.2) is 0 Å². The minimum Gasteiger partial charge on any atom is -0.497 e. The monoisotopic (exact) mass is 278 g/mol. The quantitative estimate of drug-likeness (QED) is 0.529. The smallest absolute Gasteiger partial charge is 0.118 e. The van der Waals surface area contributed by atoms with E-state index < -0.39 is 0 Å². The molecule has 0 bridgehead atoms. The van der Waals surface area contributed by atoms with Crippen molar-refractivity contribution in [3.63, 3.8) is 0 Å². The summed E-state index contributed by atoms with van der Waals surface area (Å²) in [6, 6.07) is 14.5. The molecule has 0 saturated heterocycles. The van der Waals surface area contributed by atoms with Crippen LogP contribution >= 0.6 is 0 Å². The van der Waals surface area contributed by atoms with Gasteiger partial charge in [-0.1, -0.05) is 50.0 Å². The lowest BCUT2D eigenvalue weighted by Crippen LogP contribution is -1.91. The second-order valence-electron chi connectivity index (χ2n) is 5.21. The van der Waals surface area contributed by atoms with Crippen LogP contribution in [-0.4, -0.2) is 7.11 Å². The summed E-state index contributed by atoms with van der Waals surface area (Å²) in [6.45, 7) is 2.22. The topological polar surface area (TPSA) is 9.23 Å². The van der Waals surface area contributed by atoms with E-state index in [-0.39, 0.29) is 0 Å². The van der Waals surface area contributed by atoms with Crippen LogP contribution in [0.3, 0.4) is 0 Å². The van der Waals surface area contributed by atoms with E-state index in [4.69, 9.17) is 11.2 Å². The molecule has 0 aliphatic rings. The lowest BCUT2D eigenvalue weighted by atomic mass is 9.96. The number of terminal acetylenes is 1. The molecule has 1 nitrogen and oxygen atoms in total. The predicted octanol–water partition coefficient (Wildman–Crippen LogP) is 5.08. The van der Waals surface area contributed by atoms with Crippen molar-refractivity contribution in [1.29, 1.82) is 0 Å². The Morgan fingerprint density at radius 1 is 1.05 bits per heavy atom. The van der Waals surface area contributed by atoms with Gasteiger partial charge < -0.3 is 4.74 Å². The highest BCUT2D eigenvalue weighted by molar-refractivity contribution is 5.71. The van der Waals surface area contributed by atoms with Crippen LogP contribution in [0, 0.1) is 12.3 Å². The average molecular weight is 278 g/mol. The molecule has 0 heterocycles. The first-order valence-electron chi connectivity index (χ1n) is 7.52. The van der Waals surface area contributed by atoms with Crippen molar-refractivity contribution in [2.24, 2.45) is 0 Å². The van der Waals surface area contributed by atoms with Crippen LogP contribution in [0.2, 0.25) is 0 Å². The largest absolute Gasteiger partial charge is 0.497 e. The summed E-state index contributed by atoms with van der Waals surface area (Å²) < 4.78 is 5.20. The van der Waals surface area contributed by atoms with Gasteiger partial charge in [0.25, 0.3) is 0 Å². The maximum atomic E-state index is 5.69. The number of unbranched alkanes of at least 4 members (excludes halogenated alkanes) is 2. The molecule has 0 saturated carbocycles. The Hall–Kier alpha value is -2.20. The molecule has 0 spiro atoms. The molecule has 0 amide bonds. The number of ether oxygens (including phenoxy) is 1. The Morgan fingerprint density at radius 2 is 1.81 bits per heavy atom. The Morgan fingerprint density at radius 3 is 2.43 bits per heavy atom. The normalized spacial score (nSPS) is 10.1. The van der Waals surface area contributed by atoms with E-state index in [9.17, 15) is 0 Å². The number of rotatable bonds is 6. The second kappa shape index (κ2) is 7.55. The van der Waals surface area contributed by atoms with Crippen LogP contribution in [0.25, 0.3) is 11.1 Å². The van der Waals surface area contributed by atoms with E-state index >= 15 is 0 Å². The zero-order chi connectivity index (χ0) is 15.1. The van der Waals surface area contributed by atoms with E-state index in [1.807, 2.05) is 24.3 Å². The van der Waals surface area contributed by atoms with Crippen LogP contribution in [-0.2, 0) is 6.42 Å².